The van der Waals surface area contributed by atoms with Crippen LogP contribution in [0.1, 0.15) is 34.9 Å². The van der Waals surface area contributed by atoms with Gasteiger partial charge in [-0.2, -0.15) is 0 Å². The normalized spacial score (nSPS) is 17.7. The molecular formula is C21H23N3O. The summed E-state index contributed by atoms with van der Waals surface area (Å²) in [6, 6.07) is 12.4. The van der Waals surface area contributed by atoms with Gasteiger partial charge in [0.25, 0.3) is 0 Å². The Bertz CT molecular complexity index is 963. The van der Waals surface area contributed by atoms with E-state index in [2.05, 4.69) is 43.5 Å². The predicted molar refractivity (Wildman–Crippen MR) is 101 cm³/mol. The van der Waals surface area contributed by atoms with Gasteiger partial charge >= 0.3 is 0 Å². The van der Waals surface area contributed by atoms with Crippen molar-refractivity contribution in [3.8, 4) is 0 Å². The lowest BCUT2D eigenvalue weighted by Crippen LogP contribution is -2.26. The highest BCUT2D eigenvalue weighted by molar-refractivity contribution is 5.98. The zero-order valence-corrected chi connectivity index (χ0v) is 15.2. The maximum Gasteiger partial charge on any atom is 0.227 e. The number of aryl methyl sites for hydroxylation is 4. The van der Waals surface area contributed by atoms with Crippen molar-refractivity contribution in [1.29, 1.82) is 0 Å². The smallest absolute Gasteiger partial charge is 0.227 e. The van der Waals surface area contributed by atoms with E-state index in [0.29, 0.717) is 13.0 Å². The van der Waals surface area contributed by atoms with Gasteiger partial charge in [0.2, 0.25) is 5.91 Å². The largest absolute Gasteiger partial charge is 0.331 e. The Balaban J connectivity index is 1.72. The SMILES string of the molecule is Cc1cc(C)c(N2C[C@@H](c3nc4ccccc4n3C)CC2=O)c(C)c1. The van der Waals surface area contributed by atoms with Gasteiger partial charge in [0.1, 0.15) is 5.82 Å². The molecule has 1 saturated heterocycles. The number of imidazole rings is 1. The molecule has 2 aromatic carbocycles. The van der Waals surface area contributed by atoms with E-state index < -0.39 is 0 Å². The fraction of sp³-hybridized carbons (Fsp3) is 0.333. The van der Waals surface area contributed by atoms with Crippen LogP contribution in [0.4, 0.5) is 5.69 Å². The van der Waals surface area contributed by atoms with Crippen molar-refractivity contribution in [2.75, 3.05) is 11.4 Å². The van der Waals surface area contributed by atoms with Crippen LogP contribution in [0, 0.1) is 20.8 Å². The molecule has 0 radical (unpaired) electrons. The molecule has 1 fully saturated rings. The molecule has 0 spiro atoms. The fourth-order valence-corrected chi connectivity index (χ4v) is 4.22. The summed E-state index contributed by atoms with van der Waals surface area (Å²) in [6.45, 7) is 6.97. The van der Waals surface area contributed by atoms with Crippen molar-refractivity contribution in [2.24, 2.45) is 7.05 Å². The second-order valence-electron chi connectivity index (χ2n) is 7.17. The predicted octanol–water partition coefficient (Wildman–Crippen LogP) is 4.02. The van der Waals surface area contributed by atoms with Gasteiger partial charge in [0, 0.05) is 31.6 Å². The third-order valence-corrected chi connectivity index (χ3v) is 5.22. The summed E-state index contributed by atoms with van der Waals surface area (Å²) in [7, 11) is 2.04. The molecule has 1 aliphatic rings. The maximum atomic E-state index is 12.8. The molecule has 0 saturated carbocycles. The Morgan fingerprint density at radius 3 is 2.44 bits per heavy atom. The van der Waals surface area contributed by atoms with Crippen LogP contribution in [0.15, 0.2) is 36.4 Å². The average Bonchev–Trinajstić information content (AvgIpc) is 3.08. The molecule has 0 bridgehead atoms. The van der Waals surface area contributed by atoms with E-state index in [1.807, 2.05) is 30.1 Å². The van der Waals surface area contributed by atoms with Gasteiger partial charge in [-0.3, -0.25) is 4.79 Å². The van der Waals surface area contributed by atoms with E-state index >= 15 is 0 Å². The van der Waals surface area contributed by atoms with E-state index in [1.165, 1.54) is 5.56 Å². The number of rotatable bonds is 2. The lowest BCUT2D eigenvalue weighted by atomic mass is 10.0. The summed E-state index contributed by atoms with van der Waals surface area (Å²) in [5, 5.41) is 0. The van der Waals surface area contributed by atoms with Crippen LogP contribution < -0.4 is 4.90 Å². The molecule has 2 heterocycles. The Morgan fingerprint density at radius 1 is 1.08 bits per heavy atom. The van der Waals surface area contributed by atoms with Gasteiger partial charge in [-0.05, 0) is 44.0 Å². The van der Waals surface area contributed by atoms with Gasteiger partial charge in [0.05, 0.1) is 11.0 Å². The Labute approximate surface area is 148 Å². The van der Waals surface area contributed by atoms with E-state index in [0.717, 1.165) is 33.7 Å². The highest BCUT2D eigenvalue weighted by Crippen LogP contribution is 2.36. The maximum absolute atomic E-state index is 12.8. The number of hydrogen-bond acceptors (Lipinski definition) is 2. The van der Waals surface area contributed by atoms with Crippen LogP contribution in [0.5, 0.6) is 0 Å². The second kappa shape index (κ2) is 5.73. The minimum absolute atomic E-state index is 0.130. The molecule has 0 unspecified atom stereocenters. The number of para-hydroxylation sites is 2. The minimum Gasteiger partial charge on any atom is -0.331 e. The third kappa shape index (κ3) is 2.53. The highest BCUT2D eigenvalue weighted by Gasteiger charge is 2.35. The van der Waals surface area contributed by atoms with Crippen molar-refractivity contribution >= 4 is 22.6 Å². The van der Waals surface area contributed by atoms with Crippen LogP contribution in [-0.4, -0.2) is 22.0 Å². The van der Waals surface area contributed by atoms with Crippen LogP contribution >= 0.6 is 0 Å². The van der Waals surface area contributed by atoms with Crippen LogP contribution in [0.25, 0.3) is 11.0 Å². The number of anilines is 1. The van der Waals surface area contributed by atoms with E-state index in [4.69, 9.17) is 4.98 Å². The van der Waals surface area contributed by atoms with Gasteiger partial charge < -0.3 is 9.47 Å². The van der Waals surface area contributed by atoms with E-state index in [9.17, 15) is 4.79 Å². The summed E-state index contributed by atoms with van der Waals surface area (Å²) < 4.78 is 2.13. The van der Waals surface area contributed by atoms with Gasteiger partial charge in [-0.25, -0.2) is 4.98 Å². The first-order valence-electron chi connectivity index (χ1n) is 8.75. The van der Waals surface area contributed by atoms with Gasteiger partial charge in [-0.1, -0.05) is 29.8 Å². The molecule has 3 aromatic rings. The minimum atomic E-state index is 0.130. The average molecular weight is 333 g/mol. The zero-order valence-electron chi connectivity index (χ0n) is 15.2. The molecule has 0 N–H and O–H groups in total. The molecule has 1 aromatic heterocycles. The monoisotopic (exact) mass is 333 g/mol. The van der Waals surface area contributed by atoms with Gasteiger partial charge in [-0.15, -0.1) is 0 Å². The summed E-state index contributed by atoms with van der Waals surface area (Å²) >= 11 is 0. The number of carbonyl (C=O) groups is 1. The summed E-state index contributed by atoms with van der Waals surface area (Å²) in [5.41, 5.74) is 6.74. The van der Waals surface area contributed by atoms with Crippen molar-refractivity contribution in [1.82, 2.24) is 9.55 Å². The number of fused-ring (bicyclic) bond motifs is 1. The number of amides is 1. The molecule has 25 heavy (non-hydrogen) atoms. The van der Waals surface area contributed by atoms with Crippen LogP contribution in [0.3, 0.4) is 0 Å². The molecule has 4 heteroatoms. The number of nitrogens with zero attached hydrogens (tertiary/aromatic N) is 3. The Kier molecular flexibility index (Phi) is 3.64. The highest BCUT2D eigenvalue weighted by atomic mass is 16.2. The van der Waals surface area contributed by atoms with Crippen molar-refractivity contribution in [3.05, 3.63) is 58.9 Å². The molecule has 4 nitrogen and oxygen atoms in total. The topological polar surface area (TPSA) is 38.1 Å². The van der Waals surface area contributed by atoms with Crippen LogP contribution in [-0.2, 0) is 11.8 Å². The van der Waals surface area contributed by atoms with Crippen molar-refractivity contribution in [2.45, 2.75) is 33.1 Å². The van der Waals surface area contributed by atoms with Crippen molar-refractivity contribution < 1.29 is 4.79 Å². The number of aromatic nitrogens is 2. The second-order valence-corrected chi connectivity index (χ2v) is 7.17. The number of hydrogen-bond donors (Lipinski definition) is 0. The lowest BCUT2D eigenvalue weighted by molar-refractivity contribution is -0.117. The lowest BCUT2D eigenvalue weighted by Gasteiger charge is -2.22. The van der Waals surface area contributed by atoms with Gasteiger partial charge in [0.15, 0.2) is 0 Å². The zero-order chi connectivity index (χ0) is 17.7. The number of carbonyl (C=O) groups excluding carboxylic acids is 1. The summed E-state index contributed by atoms with van der Waals surface area (Å²) in [4.78, 5) is 19.5. The number of benzene rings is 2. The molecule has 1 amide bonds. The van der Waals surface area contributed by atoms with E-state index in [1.54, 1.807) is 0 Å². The quantitative estimate of drug-likeness (QED) is 0.710. The molecule has 128 valence electrons. The first-order valence-corrected chi connectivity index (χ1v) is 8.75. The first-order chi connectivity index (χ1) is 12.0. The third-order valence-electron chi connectivity index (χ3n) is 5.22. The van der Waals surface area contributed by atoms with E-state index in [-0.39, 0.29) is 11.8 Å². The van der Waals surface area contributed by atoms with Crippen LogP contribution in [0.2, 0.25) is 0 Å². The standard InChI is InChI=1S/C21H23N3O/c1-13-9-14(2)20(15(3)10-13)24-12-16(11-19(24)25)21-22-17-7-5-6-8-18(17)23(21)4/h5-10,16H,11-12H2,1-4H3/t16-/m0/s1. The Morgan fingerprint density at radius 2 is 1.76 bits per heavy atom. The molecule has 1 aliphatic heterocycles. The van der Waals surface area contributed by atoms with Crippen molar-refractivity contribution in [3.63, 3.8) is 0 Å². The molecule has 0 aliphatic carbocycles. The first kappa shape index (κ1) is 15.9. The Hall–Kier alpha value is -2.62. The molecule has 4 rings (SSSR count). The fourth-order valence-electron chi connectivity index (χ4n) is 4.22. The molecular weight excluding hydrogens is 310 g/mol. The molecule has 1 atom stereocenters. The summed E-state index contributed by atoms with van der Waals surface area (Å²) in [5.74, 6) is 1.32. The summed E-state index contributed by atoms with van der Waals surface area (Å²) in [6.07, 6.45) is 0.518.